The van der Waals surface area contributed by atoms with E-state index in [-0.39, 0.29) is 6.42 Å². The van der Waals surface area contributed by atoms with Gasteiger partial charge in [-0.1, -0.05) is 12.1 Å². The van der Waals surface area contributed by atoms with Gasteiger partial charge in [0.25, 0.3) is 0 Å². The van der Waals surface area contributed by atoms with E-state index in [0.717, 1.165) is 0 Å². The molecule has 134 valence electrons. The number of amides is 1. The molecule has 0 aliphatic carbocycles. The summed E-state index contributed by atoms with van der Waals surface area (Å²) in [6, 6.07) is 4.97. The van der Waals surface area contributed by atoms with E-state index < -0.39 is 35.1 Å². The van der Waals surface area contributed by atoms with E-state index in [4.69, 9.17) is 9.47 Å². The van der Waals surface area contributed by atoms with Crippen molar-refractivity contribution in [3.63, 3.8) is 0 Å². The number of esters is 1. The SMILES string of the molecule is CC(C)(C)OC(=O)CC(NC(=O)OC(C)(C)C)c1cccc(F)c1. The molecule has 0 aliphatic rings. The van der Waals surface area contributed by atoms with E-state index in [1.165, 1.54) is 18.2 Å². The van der Waals surface area contributed by atoms with Crippen LogP contribution in [-0.2, 0) is 14.3 Å². The van der Waals surface area contributed by atoms with E-state index in [2.05, 4.69) is 5.32 Å². The number of carbonyl (C=O) groups excluding carboxylic acids is 2. The van der Waals surface area contributed by atoms with Crippen molar-refractivity contribution in [2.45, 2.75) is 65.2 Å². The smallest absolute Gasteiger partial charge is 0.408 e. The minimum atomic E-state index is -0.745. The lowest BCUT2D eigenvalue weighted by Gasteiger charge is -2.25. The van der Waals surface area contributed by atoms with Crippen molar-refractivity contribution in [2.24, 2.45) is 0 Å². The third-order valence-electron chi connectivity index (χ3n) is 2.73. The van der Waals surface area contributed by atoms with Gasteiger partial charge in [-0.2, -0.15) is 0 Å². The van der Waals surface area contributed by atoms with Gasteiger partial charge < -0.3 is 14.8 Å². The molecule has 5 nitrogen and oxygen atoms in total. The van der Waals surface area contributed by atoms with Gasteiger partial charge in [-0.05, 0) is 59.2 Å². The Hall–Kier alpha value is -2.11. The summed E-state index contributed by atoms with van der Waals surface area (Å²) in [7, 11) is 0. The fraction of sp³-hybridized carbons (Fsp3) is 0.556. The first kappa shape index (κ1) is 19.9. The summed E-state index contributed by atoms with van der Waals surface area (Å²) in [4.78, 5) is 24.1. The Morgan fingerprint density at radius 1 is 1.08 bits per heavy atom. The average Bonchev–Trinajstić information content (AvgIpc) is 2.33. The number of nitrogens with one attached hydrogen (secondary N) is 1. The zero-order chi connectivity index (χ0) is 18.5. The largest absolute Gasteiger partial charge is 0.460 e. The second-order valence-corrected chi connectivity index (χ2v) is 7.54. The van der Waals surface area contributed by atoms with Crippen LogP contribution in [0.1, 0.15) is 59.6 Å². The van der Waals surface area contributed by atoms with Crippen LogP contribution in [0.25, 0.3) is 0 Å². The molecule has 1 unspecified atom stereocenters. The van der Waals surface area contributed by atoms with Gasteiger partial charge in [0.15, 0.2) is 0 Å². The third-order valence-corrected chi connectivity index (χ3v) is 2.73. The van der Waals surface area contributed by atoms with Crippen molar-refractivity contribution in [2.75, 3.05) is 0 Å². The van der Waals surface area contributed by atoms with Gasteiger partial charge in [-0.25, -0.2) is 9.18 Å². The molecule has 1 rings (SSSR count). The van der Waals surface area contributed by atoms with Gasteiger partial charge in [-0.3, -0.25) is 4.79 Å². The van der Waals surface area contributed by atoms with Gasteiger partial charge >= 0.3 is 12.1 Å². The van der Waals surface area contributed by atoms with E-state index in [1.54, 1.807) is 47.6 Å². The number of ether oxygens (including phenoxy) is 2. The van der Waals surface area contributed by atoms with Crippen LogP contribution in [0.4, 0.5) is 9.18 Å². The number of hydrogen-bond donors (Lipinski definition) is 1. The van der Waals surface area contributed by atoms with E-state index in [9.17, 15) is 14.0 Å². The highest BCUT2D eigenvalue weighted by molar-refractivity contribution is 5.73. The van der Waals surface area contributed by atoms with Gasteiger partial charge in [0, 0.05) is 0 Å². The van der Waals surface area contributed by atoms with Crippen LogP contribution in [0.2, 0.25) is 0 Å². The maximum absolute atomic E-state index is 13.5. The maximum Gasteiger partial charge on any atom is 0.408 e. The number of alkyl carbamates (subject to hydrolysis) is 1. The number of benzene rings is 1. The van der Waals surface area contributed by atoms with Crippen LogP contribution in [0.5, 0.6) is 0 Å². The highest BCUT2D eigenvalue weighted by atomic mass is 19.1. The molecule has 0 aliphatic heterocycles. The van der Waals surface area contributed by atoms with E-state index >= 15 is 0 Å². The molecule has 1 N–H and O–H groups in total. The van der Waals surface area contributed by atoms with Crippen molar-refractivity contribution < 1.29 is 23.5 Å². The number of rotatable bonds is 4. The molecule has 0 saturated carbocycles. The van der Waals surface area contributed by atoms with Crippen molar-refractivity contribution >= 4 is 12.1 Å². The summed E-state index contributed by atoms with van der Waals surface area (Å²) >= 11 is 0. The average molecular weight is 339 g/mol. The first-order valence-corrected chi connectivity index (χ1v) is 7.82. The Kier molecular flexibility index (Phi) is 6.35. The second-order valence-electron chi connectivity index (χ2n) is 7.54. The lowest BCUT2D eigenvalue weighted by molar-refractivity contribution is -0.155. The molecule has 24 heavy (non-hydrogen) atoms. The Balaban J connectivity index is 2.91. The van der Waals surface area contributed by atoms with Crippen molar-refractivity contribution in [3.8, 4) is 0 Å². The minimum Gasteiger partial charge on any atom is -0.460 e. The summed E-state index contributed by atoms with van der Waals surface area (Å²) in [6.07, 6.45) is -0.805. The van der Waals surface area contributed by atoms with Gasteiger partial charge in [0.05, 0.1) is 12.5 Å². The lowest BCUT2D eigenvalue weighted by Crippen LogP contribution is -2.36. The highest BCUT2D eigenvalue weighted by Crippen LogP contribution is 2.21. The molecular formula is C18H26FNO4. The molecule has 0 bridgehead atoms. The molecule has 0 heterocycles. The van der Waals surface area contributed by atoms with E-state index in [0.29, 0.717) is 5.56 Å². The molecule has 0 spiro atoms. The standard InChI is InChI=1S/C18H26FNO4/c1-17(2,3)23-15(21)11-14(12-8-7-9-13(19)10-12)20-16(22)24-18(4,5)6/h7-10,14H,11H2,1-6H3,(H,20,22). The predicted octanol–water partition coefficient (Wildman–Crippen LogP) is 4.12. The Bertz CT molecular complexity index is 557. The molecular weight excluding hydrogens is 313 g/mol. The second kappa shape index (κ2) is 7.64. The fourth-order valence-corrected chi connectivity index (χ4v) is 1.98. The highest BCUT2D eigenvalue weighted by Gasteiger charge is 2.25. The zero-order valence-electron chi connectivity index (χ0n) is 15.1. The Labute approximate surface area is 142 Å². The summed E-state index contributed by atoms with van der Waals surface area (Å²) in [5.41, 5.74) is -0.857. The van der Waals surface area contributed by atoms with Crippen LogP contribution in [-0.4, -0.2) is 23.3 Å². The number of carbonyl (C=O) groups is 2. The quantitative estimate of drug-likeness (QED) is 0.838. The molecule has 1 atom stereocenters. The van der Waals surface area contributed by atoms with Crippen molar-refractivity contribution in [1.29, 1.82) is 0 Å². The molecule has 0 aromatic heterocycles. The lowest BCUT2D eigenvalue weighted by atomic mass is 10.0. The Morgan fingerprint density at radius 3 is 2.17 bits per heavy atom. The zero-order valence-corrected chi connectivity index (χ0v) is 15.1. The topological polar surface area (TPSA) is 64.6 Å². The van der Waals surface area contributed by atoms with Gasteiger partial charge in [0.2, 0.25) is 0 Å². The van der Waals surface area contributed by atoms with Crippen LogP contribution in [0, 0.1) is 5.82 Å². The molecule has 1 aromatic carbocycles. The van der Waals surface area contributed by atoms with Crippen LogP contribution < -0.4 is 5.32 Å². The minimum absolute atomic E-state index is 0.125. The molecule has 1 amide bonds. The van der Waals surface area contributed by atoms with Crippen LogP contribution >= 0.6 is 0 Å². The normalized spacial score (nSPS) is 13.1. The molecule has 0 saturated heterocycles. The fourth-order valence-electron chi connectivity index (χ4n) is 1.98. The molecule has 6 heteroatoms. The predicted molar refractivity (Wildman–Crippen MR) is 89.0 cm³/mol. The third kappa shape index (κ3) is 7.94. The van der Waals surface area contributed by atoms with Gasteiger partial charge in [-0.15, -0.1) is 0 Å². The summed E-state index contributed by atoms with van der Waals surface area (Å²) in [5.74, 6) is -0.944. The van der Waals surface area contributed by atoms with Gasteiger partial charge in [0.1, 0.15) is 17.0 Å². The van der Waals surface area contributed by atoms with Crippen LogP contribution in [0.15, 0.2) is 24.3 Å². The summed E-state index contributed by atoms with van der Waals surface area (Å²) in [6.45, 7) is 10.5. The van der Waals surface area contributed by atoms with Crippen LogP contribution in [0.3, 0.4) is 0 Å². The first-order valence-electron chi connectivity index (χ1n) is 7.82. The molecule has 0 radical (unpaired) electrons. The monoisotopic (exact) mass is 339 g/mol. The first-order chi connectivity index (χ1) is 10.9. The van der Waals surface area contributed by atoms with Crippen molar-refractivity contribution in [1.82, 2.24) is 5.32 Å². The maximum atomic E-state index is 13.5. The number of hydrogen-bond acceptors (Lipinski definition) is 4. The van der Waals surface area contributed by atoms with Crippen molar-refractivity contribution in [3.05, 3.63) is 35.6 Å². The summed E-state index contributed by atoms with van der Waals surface area (Å²) in [5, 5.41) is 2.61. The molecule has 0 fully saturated rings. The molecule has 1 aromatic rings. The summed E-state index contributed by atoms with van der Waals surface area (Å²) < 4.78 is 24.0. The van der Waals surface area contributed by atoms with E-state index in [1.807, 2.05) is 0 Å². The number of halogens is 1. The Morgan fingerprint density at radius 2 is 1.67 bits per heavy atom.